The number of likely N-dealkylation sites (tertiary alicyclic amines) is 1. The zero-order valence-corrected chi connectivity index (χ0v) is 14.9. The highest BCUT2D eigenvalue weighted by molar-refractivity contribution is 5.97. The van der Waals surface area contributed by atoms with E-state index in [0.29, 0.717) is 23.1 Å². The number of benzene rings is 1. The molecule has 0 radical (unpaired) electrons. The second-order valence-electron chi connectivity index (χ2n) is 8.31. The van der Waals surface area contributed by atoms with Gasteiger partial charge in [0.2, 0.25) is 0 Å². The van der Waals surface area contributed by atoms with E-state index in [1.165, 1.54) is 19.3 Å². The molecule has 0 bridgehead atoms. The van der Waals surface area contributed by atoms with Gasteiger partial charge in [-0.1, -0.05) is 11.6 Å². The molecule has 3 unspecified atom stereocenters. The fourth-order valence-electron chi connectivity index (χ4n) is 5.50. The molecule has 0 aromatic heterocycles. The molecule has 1 aromatic carbocycles. The maximum absolute atomic E-state index is 12.6. The van der Waals surface area contributed by atoms with Crippen LogP contribution in [-0.4, -0.2) is 40.1 Å². The second-order valence-corrected chi connectivity index (χ2v) is 8.31. The molecule has 2 saturated carbocycles. The lowest BCUT2D eigenvalue weighted by atomic mass is 9.47. The highest BCUT2D eigenvalue weighted by Crippen LogP contribution is 2.64. The van der Waals surface area contributed by atoms with E-state index >= 15 is 0 Å². The molecule has 4 atom stereocenters. The smallest absolute Gasteiger partial charge is 0.255 e. The third kappa shape index (κ3) is 2.19. The summed E-state index contributed by atoms with van der Waals surface area (Å²) in [5.74, 6) is -0.0744. The number of nitrogens with zero attached hydrogens (tertiary/aromatic N) is 1. The molecule has 2 N–H and O–H groups in total. The average molecular weight is 328 g/mol. The van der Waals surface area contributed by atoms with Gasteiger partial charge in [0, 0.05) is 29.6 Å². The van der Waals surface area contributed by atoms with Gasteiger partial charge >= 0.3 is 0 Å². The summed E-state index contributed by atoms with van der Waals surface area (Å²) in [6, 6.07) is 7.41. The molecule has 1 saturated heterocycles. The lowest BCUT2D eigenvalue weighted by Gasteiger charge is -2.74. The summed E-state index contributed by atoms with van der Waals surface area (Å²) in [7, 11) is 0. The molecule has 4 heteroatoms. The Kier molecular flexibility index (Phi) is 3.64. The number of phenols is 1. The normalized spacial score (nSPS) is 34.8. The van der Waals surface area contributed by atoms with Gasteiger partial charge in [0.15, 0.2) is 0 Å². The Bertz CT molecular complexity index is 672. The topological polar surface area (TPSA) is 52.6 Å². The van der Waals surface area contributed by atoms with E-state index in [0.717, 1.165) is 24.4 Å². The number of amides is 1. The molecule has 1 aliphatic heterocycles. The van der Waals surface area contributed by atoms with E-state index in [4.69, 9.17) is 0 Å². The van der Waals surface area contributed by atoms with Gasteiger partial charge < -0.3 is 10.4 Å². The van der Waals surface area contributed by atoms with Crippen LogP contribution in [0.5, 0.6) is 5.75 Å². The van der Waals surface area contributed by atoms with E-state index in [-0.39, 0.29) is 17.7 Å². The van der Waals surface area contributed by atoms with Crippen molar-refractivity contribution >= 4 is 5.91 Å². The fourth-order valence-corrected chi connectivity index (χ4v) is 5.50. The zero-order chi connectivity index (χ0) is 17.1. The first-order valence-corrected chi connectivity index (χ1v) is 9.30. The molecule has 1 heterocycles. The third-order valence-electron chi connectivity index (χ3n) is 6.72. The molecule has 24 heavy (non-hydrogen) atoms. The predicted molar refractivity (Wildman–Crippen MR) is 94.2 cm³/mol. The van der Waals surface area contributed by atoms with Gasteiger partial charge in [-0.15, -0.1) is 0 Å². The van der Waals surface area contributed by atoms with Crippen molar-refractivity contribution in [2.75, 3.05) is 0 Å². The molecule has 1 aromatic rings. The Hall–Kier alpha value is -1.55. The van der Waals surface area contributed by atoms with Gasteiger partial charge in [-0.05, 0) is 65.0 Å². The molecule has 1 amide bonds. The number of rotatable bonds is 3. The highest BCUT2D eigenvalue weighted by Gasteiger charge is 2.67. The van der Waals surface area contributed by atoms with Crippen molar-refractivity contribution in [2.24, 2.45) is 5.41 Å². The number of aromatic hydroxyl groups is 1. The number of hydrogen-bond acceptors (Lipinski definition) is 3. The standard InChI is InChI=1S/C20H28N2O2/c1-12(2)22-17-7-9-20(17)8-6-14(11-18(20)22)21-19(24)15-10-13(3)4-5-16(15)23/h4-5,10,12,14,17-18,23H,6-9,11H2,1-3H3,(H,21,24)/t14-,17?,18?,20?/m1/s1. The number of carbonyl (C=O) groups excluding carboxylic acids is 1. The van der Waals surface area contributed by atoms with Gasteiger partial charge in [0.05, 0.1) is 5.56 Å². The Morgan fingerprint density at radius 2 is 2.04 bits per heavy atom. The van der Waals surface area contributed by atoms with Crippen LogP contribution in [0, 0.1) is 12.3 Å². The molecule has 4 rings (SSSR count). The van der Waals surface area contributed by atoms with Gasteiger partial charge in [-0.2, -0.15) is 0 Å². The van der Waals surface area contributed by atoms with Crippen LogP contribution in [0.15, 0.2) is 18.2 Å². The predicted octanol–water partition coefficient (Wildman–Crippen LogP) is 3.22. The van der Waals surface area contributed by atoms with Crippen LogP contribution in [0.1, 0.15) is 61.9 Å². The largest absolute Gasteiger partial charge is 0.507 e. The molecule has 1 spiro atoms. The molecule has 4 nitrogen and oxygen atoms in total. The van der Waals surface area contributed by atoms with Crippen molar-refractivity contribution in [1.29, 1.82) is 0 Å². The number of hydrogen-bond donors (Lipinski definition) is 2. The van der Waals surface area contributed by atoms with Crippen molar-refractivity contribution in [3.63, 3.8) is 0 Å². The highest BCUT2D eigenvalue weighted by atomic mass is 16.3. The van der Waals surface area contributed by atoms with E-state index in [1.54, 1.807) is 12.1 Å². The molecule has 130 valence electrons. The van der Waals surface area contributed by atoms with Crippen molar-refractivity contribution in [2.45, 2.75) is 77.0 Å². The summed E-state index contributed by atoms with van der Waals surface area (Å²) in [5.41, 5.74) is 1.94. The van der Waals surface area contributed by atoms with Crippen LogP contribution in [0.25, 0.3) is 0 Å². The molecule has 3 aliphatic rings. The SMILES string of the molecule is Cc1ccc(O)c(C(=O)N[C@@H]2CCC34CCC3N(C(C)C)C4C2)c1. The average Bonchev–Trinajstić information content (AvgIpc) is 2.53. The summed E-state index contributed by atoms with van der Waals surface area (Å²) < 4.78 is 0. The first-order chi connectivity index (χ1) is 11.4. The van der Waals surface area contributed by atoms with E-state index in [2.05, 4.69) is 24.1 Å². The molecule has 3 fully saturated rings. The number of carbonyl (C=O) groups is 1. The van der Waals surface area contributed by atoms with Crippen LogP contribution in [0.4, 0.5) is 0 Å². The summed E-state index contributed by atoms with van der Waals surface area (Å²) in [6.45, 7) is 6.51. The van der Waals surface area contributed by atoms with E-state index < -0.39 is 0 Å². The Labute approximate surface area is 144 Å². The third-order valence-corrected chi connectivity index (χ3v) is 6.72. The summed E-state index contributed by atoms with van der Waals surface area (Å²) in [4.78, 5) is 15.3. The zero-order valence-electron chi connectivity index (χ0n) is 14.9. The van der Waals surface area contributed by atoms with Crippen molar-refractivity contribution in [1.82, 2.24) is 10.2 Å². The Morgan fingerprint density at radius 3 is 2.71 bits per heavy atom. The van der Waals surface area contributed by atoms with Crippen LogP contribution < -0.4 is 5.32 Å². The summed E-state index contributed by atoms with van der Waals surface area (Å²) in [6.07, 6.45) is 6.06. The minimum absolute atomic E-state index is 0.0666. The summed E-state index contributed by atoms with van der Waals surface area (Å²) >= 11 is 0. The quantitative estimate of drug-likeness (QED) is 0.896. The maximum atomic E-state index is 12.6. The van der Waals surface area contributed by atoms with Gasteiger partial charge in [0.1, 0.15) is 5.75 Å². The van der Waals surface area contributed by atoms with Crippen LogP contribution in [0.3, 0.4) is 0 Å². The number of aryl methyl sites for hydroxylation is 1. The van der Waals surface area contributed by atoms with E-state index in [1.807, 2.05) is 13.0 Å². The molecular weight excluding hydrogens is 300 g/mol. The monoisotopic (exact) mass is 328 g/mol. The molecular formula is C20H28N2O2. The van der Waals surface area contributed by atoms with Crippen molar-refractivity contribution in [3.05, 3.63) is 29.3 Å². The van der Waals surface area contributed by atoms with E-state index in [9.17, 15) is 9.90 Å². The van der Waals surface area contributed by atoms with Gasteiger partial charge in [-0.25, -0.2) is 0 Å². The maximum Gasteiger partial charge on any atom is 0.255 e. The van der Waals surface area contributed by atoms with Crippen LogP contribution >= 0.6 is 0 Å². The number of phenolic OH excluding ortho intramolecular Hbond substituents is 1. The first kappa shape index (κ1) is 15.9. The summed E-state index contributed by atoms with van der Waals surface area (Å²) in [5, 5.41) is 13.1. The Balaban J connectivity index is 1.45. The van der Waals surface area contributed by atoms with Crippen molar-refractivity contribution in [3.8, 4) is 5.75 Å². The second kappa shape index (κ2) is 5.48. The lowest BCUT2D eigenvalue weighted by Crippen LogP contribution is -2.80. The molecule has 2 aliphatic carbocycles. The fraction of sp³-hybridized carbons (Fsp3) is 0.650. The number of nitrogens with one attached hydrogen (secondary N) is 1. The first-order valence-electron chi connectivity index (χ1n) is 9.30. The number of piperidine rings is 1. The minimum Gasteiger partial charge on any atom is -0.507 e. The van der Waals surface area contributed by atoms with Crippen molar-refractivity contribution < 1.29 is 9.90 Å². The van der Waals surface area contributed by atoms with Gasteiger partial charge in [-0.3, -0.25) is 9.69 Å². The minimum atomic E-state index is -0.141. The lowest BCUT2D eigenvalue weighted by molar-refractivity contribution is -0.238. The van der Waals surface area contributed by atoms with Gasteiger partial charge in [0.25, 0.3) is 5.91 Å². The van der Waals surface area contributed by atoms with Crippen LogP contribution in [0.2, 0.25) is 0 Å². The Morgan fingerprint density at radius 1 is 1.29 bits per heavy atom. The van der Waals surface area contributed by atoms with Crippen LogP contribution in [-0.2, 0) is 0 Å².